The van der Waals surface area contributed by atoms with Crippen LogP contribution in [-0.2, 0) is 0 Å². The summed E-state index contributed by atoms with van der Waals surface area (Å²) < 4.78 is 14.5. The van der Waals surface area contributed by atoms with Crippen LogP contribution in [0.15, 0.2) is 42.5 Å². The number of aromatic carboxylic acids is 1. The van der Waals surface area contributed by atoms with Gasteiger partial charge in [0.2, 0.25) is 0 Å². The molecule has 4 nitrogen and oxygen atoms in total. The van der Waals surface area contributed by atoms with Crippen LogP contribution in [0, 0.1) is 9.39 Å². The number of hydrogen-bond donors (Lipinski definition) is 2. The number of halogens is 2. The Morgan fingerprint density at radius 2 is 1.75 bits per heavy atom. The highest BCUT2D eigenvalue weighted by molar-refractivity contribution is 14.1. The fourth-order valence-electron chi connectivity index (χ4n) is 1.57. The van der Waals surface area contributed by atoms with Gasteiger partial charge in [0.15, 0.2) is 0 Å². The van der Waals surface area contributed by atoms with E-state index in [2.05, 4.69) is 27.9 Å². The lowest BCUT2D eigenvalue weighted by atomic mass is 10.1. The maximum Gasteiger partial charge on any atom is 0.338 e. The lowest BCUT2D eigenvalue weighted by Gasteiger charge is -2.06. The minimum absolute atomic E-state index is 0.205. The molecule has 0 atom stereocenters. The molecule has 0 fully saturated rings. The molecule has 2 rings (SSSR count). The van der Waals surface area contributed by atoms with Crippen molar-refractivity contribution in [1.29, 1.82) is 0 Å². The molecule has 0 saturated heterocycles. The Kier molecular flexibility index (Phi) is 4.33. The van der Waals surface area contributed by atoms with E-state index in [4.69, 9.17) is 5.11 Å². The standard InChI is InChI=1S/C14H9FINO3/c15-12-7-10(5-6-11(12)14(19)20)17-13(18)8-1-3-9(16)4-2-8/h1-7H,(H,17,18)(H,19,20). The predicted octanol–water partition coefficient (Wildman–Crippen LogP) is 3.38. The number of rotatable bonds is 3. The minimum Gasteiger partial charge on any atom is -0.478 e. The molecule has 2 aromatic carbocycles. The van der Waals surface area contributed by atoms with Gasteiger partial charge in [-0.1, -0.05) is 0 Å². The largest absolute Gasteiger partial charge is 0.478 e. The molecule has 1 amide bonds. The summed E-state index contributed by atoms with van der Waals surface area (Å²) in [6, 6.07) is 10.3. The number of nitrogens with one attached hydrogen (secondary N) is 1. The van der Waals surface area contributed by atoms with Gasteiger partial charge in [-0.2, -0.15) is 0 Å². The van der Waals surface area contributed by atoms with Crippen molar-refractivity contribution < 1.29 is 19.1 Å². The number of benzene rings is 2. The van der Waals surface area contributed by atoms with E-state index < -0.39 is 17.3 Å². The molecule has 0 radical (unpaired) electrons. The first-order valence-electron chi connectivity index (χ1n) is 5.57. The van der Waals surface area contributed by atoms with Crippen LogP contribution in [-0.4, -0.2) is 17.0 Å². The molecule has 2 aromatic rings. The second-order valence-corrected chi connectivity index (χ2v) is 5.21. The molecule has 102 valence electrons. The third kappa shape index (κ3) is 3.32. The third-order valence-electron chi connectivity index (χ3n) is 2.56. The van der Waals surface area contributed by atoms with Crippen LogP contribution in [0.3, 0.4) is 0 Å². The summed E-state index contributed by atoms with van der Waals surface area (Å²) in [5, 5.41) is 11.2. The lowest BCUT2D eigenvalue weighted by molar-refractivity contribution is 0.0692. The first kappa shape index (κ1) is 14.4. The number of anilines is 1. The zero-order chi connectivity index (χ0) is 14.7. The average Bonchev–Trinajstić information content (AvgIpc) is 2.39. The predicted molar refractivity (Wildman–Crippen MR) is 80.5 cm³/mol. The highest BCUT2D eigenvalue weighted by Gasteiger charge is 2.12. The van der Waals surface area contributed by atoms with Crippen LogP contribution < -0.4 is 5.32 Å². The van der Waals surface area contributed by atoms with Gasteiger partial charge in [0, 0.05) is 14.8 Å². The number of carboxylic acid groups (broad SMARTS) is 1. The number of carboxylic acids is 1. The van der Waals surface area contributed by atoms with Crippen molar-refractivity contribution in [3.63, 3.8) is 0 Å². The van der Waals surface area contributed by atoms with Crippen LogP contribution in [0.2, 0.25) is 0 Å². The lowest BCUT2D eigenvalue weighted by Crippen LogP contribution is -2.12. The van der Waals surface area contributed by atoms with Gasteiger partial charge in [-0.05, 0) is 65.1 Å². The van der Waals surface area contributed by atoms with E-state index in [0.29, 0.717) is 5.56 Å². The van der Waals surface area contributed by atoms with Gasteiger partial charge >= 0.3 is 5.97 Å². The maximum atomic E-state index is 13.5. The molecule has 20 heavy (non-hydrogen) atoms. The summed E-state index contributed by atoms with van der Waals surface area (Å²) in [5.74, 6) is -2.63. The molecule has 0 aliphatic rings. The molecule has 0 saturated carbocycles. The normalized spacial score (nSPS) is 10.1. The van der Waals surface area contributed by atoms with Crippen LogP contribution in [0.25, 0.3) is 0 Å². The highest BCUT2D eigenvalue weighted by Crippen LogP contribution is 2.16. The van der Waals surface area contributed by atoms with Gasteiger partial charge < -0.3 is 10.4 Å². The molecule has 0 aromatic heterocycles. The van der Waals surface area contributed by atoms with Gasteiger partial charge in [-0.3, -0.25) is 4.79 Å². The summed E-state index contributed by atoms with van der Waals surface area (Å²) in [6.45, 7) is 0. The van der Waals surface area contributed by atoms with E-state index in [1.165, 1.54) is 6.07 Å². The number of carbonyl (C=O) groups excluding carboxylic acids is 1. The number of carbonyl (C=O) groups is 2. The Morgan fingerprint density at radius 1 is 1.10 bits per heavy atom. The van der Waals surface area contributed by atoms with E-state index in [1.54, 1.807) is 24.3 Å². The molecular formula is C14H9FINO3. The van der Waals surface area contributed by atoms with E-state index in [-0.39, 0.29) is 11.6 Å². The van der Waals surface area contributed by atoms with Crippen LogP contribution >= 0.6 is 22.6 Å². The Bertz CT molecular complexity index is 671. The molecule has 0 heterocycles. The summed E-state index contributed by atoms with van der Waals surface area (Å²) in [6.07, 6.45) is 0. The van der Waals surface area contributed by atoms with E-state index >= 15 is 0 Å². The first-order chi connectivity index (χ1) is 9.47. The van der Waals surface area contributed by atoms with Gasteiger partial charge in [-0.25, -0.2) is 9.18 Å². The van der Waals surface area contributed by atoms with Crippen molar-refractivity contribution in [3.05, 3.63) is 63.0 Å². The van der Waals surface area contributed by atoms with Gasteiger partial charge in [-0.15, -0.1) is 0 Å². The molecule has 0 aliphatic heterocycles. The van der Waals surface area contributed by atoms with Gasteiger partial charge in [0.25, 0.3) is 5.91 Å². The van der Waals surface area contributed by atoms with Gasteiger partial charge in [0.05, 0.1) is 5.56 Å². The Balaban J connectivity index is 2.18. The minimum atomic E-state index is -1.35. The van der Waals surface area contributed by atoms with Crippen molar-refractivity contribution in [1.82, 2.24) is 0 Å². The van der Waals surface area contributed by atoms with Crippen molar-refractivity contribution in [3.8, 4) is 0 Å². The van der Waals surface area contributed by atoms with E-state index in [9.17, 15) is 14.0 Å². The molecule has 0 spiro atoms. The molecular weight excluding hydrogens is 376 g/mol. The second kappa shape index (κ2) is 6.00. The zero-order valence-electron chi connectivity index (χ0n) is 10.1. The maximum absolute atomic E-state index is 13.5. The number of hydrogen-bond acceptors (Lipinski definition) is 2. The third-order valence-corrected chi connectivity index (χ3v) is 3.28. The van der Waals surface area contributed by atoms with Crippen LogP contribution in [0.5, 0.6) is 0 Å². The van der Waals surface area contributed by atoms with Gasteiger partial charge in [0.1, 0.15) is 5.82 Å². The highest BCUT2D eigenvalue weighted by atomic mass is 127. The Morgan fingerprint density at radius 3 is 2.30 bits per heavy atom. The molecule has 0 bridgehead atoms. The van der Waals surface area contributed by atoms with Crippen molar-refractivity contribution in [2.45, 2.75) is 0 Å². The van der Waals surface area contributed by atoms with Crippen molar-refractivity contribution in [2.24, 2.45) is 0 Å². The fourth-order valence-corrected chi connectivity index (χ4v) is 1.93. The van der Waals surface area contributed by atoms with E-state index in [1.807, 2.05) is 0 Å². The summed E-state index contributed by atoms with van der Waals surface area (Å²) in [4.78, 5) is 22.6. The topological polar surface area (TPSA) is 66.4 Å². The molecule has 2 N–H and O–H groups in total. The average molecular weight is 385 g/mol. The van der Waals surface area contributed by atoms with E-state index in [0.717, 1.165) is 15.7 Å². The summed E-state index contributed by atoms with van der Waals surface area (Å²) in [5.41, 5.74) is 0.210. The molecule has 0 unspecified atom stereocenters. The first-order valence-corrected chi connectivity index (χ1v) is 6.65. The summed E-state index contributed by atoms with van der Waals surface area (Å²) in [7, 11) is 0. The fraction of sp³-hybridized carbons (Fsp3) is 0. The zero-order valence-corrected chi connectivity index (χ0v) is 12.2. The molecule has 6 heteroatoms. The number of amides is 1. The quantitative estimate of drug-likeness (QED) is 0.797. The Labute approximate surface area is 127 Å². The molecule has 0 aliphatic carbocycles. The van der Waals surface area contributed by atoms with Crippen molar-refractivity contribution >= 4 is 40.2 Å². The van der Waals surface area contributed by atoms with Crippen LogP contribution in [0.4, 0.5) is 10.1 Å². The SMILES string of the molecule is O=C(Nc1ccc(C(=O)O)c(F)c1)c1ccc(I)cc1. The monoisotopic (exact) mass is 385 g/mol. The second-order valence-electron chi connectivity index (χ2n) is 3.96. The smallest absolute Gasteiger partial charge is 0.338 e. The Hall–Kier alpha value is -1.96. The summed E-state index contributed by atoms with van der Waals surface area (Å²) >= 11 is 2.12. The van der Waals surface area contributed by atoms with Crippen molar-refractivity contribution in [2.75, 3.05) is 5.32 Å². The van der Waals surface area contributed by atoms with Crippen LogP contribution in [0.1, 0.15) is 20.7 Å².